The number of carbonyl (C=O) groups excluding carboxylic acids is 2. The molecule has 1 aliphatic rings. The van der Waals surface area contributed by atoms with Crippen LogP contribution in [-0.4, -0.2) is 29.3 Å². The zero-order valence-corrected chi connectivity index (χ0v) is 18.3. The van der Waals surface area contributed by atoms with Crippen molar-refractivity contribution in [2.75, 3.05) is 7.11 Å². The van der Waals surface area contributed by atoms with Crippen molar-refractivity contribution in [1.29, 1.82) is 0 Å². The normalized spacial score (nSPS) is 16.3. The van der Waals surface area contributed by atoms with Crippen molar-refractivity contribution in [1.82, 2.24) is 4.90 Å². The number of imide groups is 1. The van der Waals surface area contributed by atoms with Crippen LogP contribution in [0.4, 0.5) is 9.18 Å². The molecule has 0 N–H and O–H groups in total. The molecular formula is C22H21ClFNO4S. The molecule has 8 heteroatoms. The summed E-state index contributed by atoms with van der Waals surface area (Å²) in [6.07, 6.45) is 2.32. The summed E-state index contributed by atoms with van der Waals surface area (Å²) in [5.74, 6) is -0.0878. The van der Waals surface area contributed by atoms with Crippen molar-refractivity contribution < 1.29 is 23.5 Å². The maximum absolute atomic E-state index is 13.9. The summed E-state index contributed by atoms with van der Waals surface area (Å²) in [6, 6.07) is 9.38. The van der Waals surface area contributed by atoms with Crippen LogP contribution in [0.1, 0.15) is 31.4 Å². The Morgan fingerprint density at radius 1 is 1.27 bits per heavy atom. The highest BCUT2D eigenvalue weighted by Crippen LogP contribution is 2.39. The third kappa shape index (κ3) is 4.79. The maximum Gasteiger partial charge on any atom is 0.293 e. The van der Waals surface area contributed by atoms with Crippen LogP contribution >= 0.6 is 23.4 Å². The Kier molecular flexibility index (Phi) is 7.05. The highest BCUT2D eigenvalue weighted by atomic mass is 35.5. The van der Waals surface area contributed by atoms with Gasteiger partial charge in [-0.3, -0.25) is 14.5 Å². The zero-order chi connectivity index (χ0) is 21.8. The van der Waals surface area contributed by atoms with E-state index in [4.69, 9.17) is 21.1 Å². The molecule has 158 valence electrons. The summed E-state index contributed by atoms with van der Waals surface area (Å²) in [5.41, 5.74) is 0.863. The van der Waals surface area contributed by atoms with Gasteiger partial charge in [-0.2, -0.15) is 0 Å². The molecule has 2 aromatic carbocycles. The second kappa shape index (κ2) is 9.53. The molecule has 0 aromatic heterocycles. The number of methoxy groups -OCH3 is 1. The van der Waals surface area contributed by atoms with Crippen molar-refractivity contribution in [2.45, 2.75) is 32.9 Å². The minimum absolute atomic E-state index is 0.0443. The lowest BCUT2D eigenvalue weighted by atomic mass is 10.1. The minimum atomic E-state index is -0.483. The molecule has 0 unspecified atom stereocenters. The molecule has 2 amide bonds. The van der Waals surface area contributed by atoms with Gasteiger partial charge in [0.05, 0.1) is 29.7 Å². The fourth-order valence-corrected chi connectivity index (χ4v) is 3.91. The quantitative estimate of drug-likeness (QED) is 0.492. The van der Waals surface area contributed by atoms with Crippen LogP contribution in [0.2, 0.25) is 5.02 Å². The van der Waals surface area contributed by atoms with Crippen LogP contribution in [0.5, 0.6) is 11.5 Å². The third-order valence-corrected chi connectivity index (χ3v) is 5.79. The smallest absolute Gasteiger partial charge is 0.293 e. The molecule has 30 heavy (non-hydrogen) atoms. The fraction of sp³-hybridized carbons (Fsp3) is 0.273. The van der Waals surface area contributed by atoms with Crippen LogP contribution < -0.4 is 9.47 Å². The van der Waals surface area contributed by atoms with Gasteiger partial charge in [0.15, 0.2) is 11.5 Å². The Labute approximate surface area is 183 Å². The van der Waals surface area contributed by atoms with E-state index < -0.39 is 17.0 Å². The molecule has 0 radical (unpaired) electrons. The predicted octanol–water partition coefficient (Wildman–Crippen LogP) is 5.90. The van der Waals surface area contributed by atoms with E-state index in [0.29, 0.717) is 22.1 Å². The van der Waals surface area contributed by atoms with E-state index in [1.165, 1.54) is 13.2 Å². The van der Waals surface area contributed by atoms with Gasteiger partial charge in [0.2, 0.25) is 0 Å². The van der Waals surface area contributed by atoms with E-state index in [1.54, 1.807) is 36.4 Å². The molecule has 0 spiro atoms. The molecule has 1 heterocycles. The number of carbonyl (C=O) groups is 2. The molecule has 1 saturated heterocycles. The fourth-order valence-electron chi connectivity index (χ4n) is 2.81. The Morgan fingerprint density at radius 2 is 2.00 bits per heavy atom. The highest BCUT2D eigenvalue weighted by Gasteiger charge is 2.35. The zero-order valence-electron chi connectivity index (χ0n) is 16.8. The summed E-state index contributed by atoms with van der Waals surface area (Å²) < 4.78 is 25.1. The number of ether oxygens (including phenoxy) is 2. The lowest BCUT2D eigenvalue weighted by Gasteiger charge is -2.17. The Balaban J connectivity index is 1.86. The van der Waals surface area contributed by atoms with Gasteiger partial charge < -0.3 is 9.47 Å². The molecule has 0 aliphatic carbocycles. The van der Waals surface area contributed by atoms with Gasteiger partial charge in [0.25, 0.3) is 11.1 Å². The van der Waals surface area contributed by atoms with E-state index in [2.05, 4.69) is 0 Å². The number of hydrogen-bond donors (Lipinski definition) is 0. The topological polar surface area (TPSA) is 55.8 Å². The Morgan fingerprint density at radius 3 is 2.67 bits per heavy atom. The number of nitrogens with zero attached hydrogens (tertiary/aromatic N) is 1. The molecule has 1 atom stereocenters. The van der Waals surface area contributed by atoms with Gasteiger partial charge in [-0.25, -0.2) is 4.39 Å². The van der Waals surface area contributed by atoms with Crippen LogP contribution in [-0.2, 0) is 11.3 Å². The van der Waals surface area contributed by atoms with Gasteiger partial charge in [-0.15, -0.1) is 0 Å². The summed E-state index contributed by atoms with van der Waals surface area (Å²) >= 11 is 7.17. The molecular weight excluding hydrogens is 429 g/mol. The number of rotatable bonds is 7. The van der Waals surface area contributed by atoms with E-state index >= 15 is 0 Å². The van der Waals surface area contributed by atoms with Gasteiger partial charge in [-0.05, 0) is 54.9 Å². The number of amides is 2. The monoisotopic (exact) mass is 449 g/mol. The lowest BCUT2D eigenvalue weighted by Crippen LogP contribution is -2.27. The van der Waals surface area contributed by atoms with Gasteiger partial charge in [0.1, 0.15) is 5.82 Å². The average molecular weight is 450 g/mol. The first kappa shape index (κ1) is 22.2. The summed E-state index contributed by atoms with van der Waals surface area (Å²) in [5, 5.41) is -0.115. The molecule has 1 fully saturated rings. The van der Waals surface area contributed by atoms with Gasteiger partial charge in [-0.1, -0.05) is 36.7 Å². The number of benzene rings is 2. The van der Waals surface area contributed by atoms with E-state index in [0.717, 1.165) is 23.1 Å². The Hall–Kier alpha value is -2.51. The third-order valence-electron chi connectivity index (χ3n) is 4.60. The van der Waals surface area contributed by atoms with E-state index in [-0.39, 0.29) is 23.1 Å². The van der Waals surface area contributed by atoms with E-state index in [1.807, 2.05) is 13.8 Å². The first-order valence-corrected chi connectivity index (χ1v) is 10.6. The second-order valence-electron chi connectivity index (χ2n) is 6.73. The second-order valence-corrected chi connectivity index (χ2v) is 8.13. The molecule has 1 aliphatic heterocycles. The van der Waals surface area contributed by atoms with Crippen LogP contribution in [0.15, 0.2) is 41.3 Å². The largest absolute Gasteiger partial charge is 0.493 e. The molecule has 3 rings (SSSR count). The molecule has 0 bridgehead atoms. The van der Waals surface area contributed by atoms with Crippen molar-refractivity contribution in [3.05, 3.63) is 63.3 Å². The van der Waals surface area contributed by atoms with Crippen LogP contribution in [0.3, 0.4) is 0 Å². The Bertz CT molecular complexity index is 1010. The minimum Gasteiger partial charge on any atom is -0.493 e. The lowest BCUT2D eigenvalue weighted by molar-refractivity contribution is -0.123. The van der Waals surface area contributed by atoms with Crippen LogP contribution in [0.25, 0.3) is 6.08 Å². The number of halogens is 2. The SMILES string of the molecule is CC[C@H](C)Oc1c(Cl)cc(/C=C2\SC(=O)N(Cc3ccccc3F)C2=O)cc1OC. The summed E-state index contributed by atoms with van der Waals surface area (Å²) in [7, 11) is 1.50. The van der Waals surface area contributed by atoms with Crippen molar-refractivity contribution >= 4 is 40.6 Å². The highest BCUT2D eigenvalue weighted by molar-refractivity contribution is 8.18. The van der Waals surface area contributed by atoms with Crippen molar-refractivity contribution in [3.63, 3.8) is 0 Å². The van der Waals surface area contributed by atoms with Crippen molar-refractivity contribution in [2.24, 2.45) is 0 Å². The molecule has 0 saturated carbocycles. The first-order chi connectivity index (χ1) is 14.3. The first-order valence-electron chi connectivity index (χ1n) is 9.37. The van der Waals surface area contributed by atoms with E-state index in [9.17, 15) is 14.0 Å². The molecule has 2 aromatic rings. The summed E-state index contributed by atoms with van der Waals surface area (Å²) in [6.45, 7) is 3.80. The molecule has 5 nitrogen and oxygen atoms in total. The summed E-state index contributed by atoms with van der Waals surface area (Å²) in [4.78, 5) is 26.3. The standard InChI is InChI=1S/C22H21ClFNO4S/c1-4-13(2)29-20-16(23)9-14(10-18(20)28-3)11-19-21(26)25(22(27)30-19)12-15-7-5-6-8-17(15)24/h5-11,13H,4,12H2,1-3H3/b19-11-/t13-/m0/s1. The van der Waals surface area contributed by atoms with Crippen LogP contribution in [0, 0.1) is 5.82 Å². The number of thioether (sulfide) groups is 1. The van der Waals surface area contributed by atoms with Crippen molar-refractivity contribution in [3.8, 4) is 11.5 Å². The number of hydrogen-bond acceptors (Lipinski definition) is 5. The van der Waals surface area contributed by atoms with Gasteiger partial charge in [0, 0.05) is 5.56 Å². The van der Waals surface area contributed by atoms with Gasteiger partial charge >= 0.3 is 0 Å². The average Bonchev–Trinajstić information content (AvgIpc) is 2.98. The maximum atomic E-state index is 13.9. The predicted molar refractivity (Wildman–Crippen MR) is 116 cm³/mol.